The third-order valence-electron chi connectivity index (χ3n) is 4.04. The van der Waals surface area contributed by atoms with Gasteiger partial charge in [-0.25, -0.2) is 0 Å². The lowest BCUT2D eigenvalue weighted by Gasteiger charge is -2.33. The Labute approximate surface area is 132 Å². The van der Waals surface area contributed by atoms with Gasteiger partial charge < -0.3 is 0 Å². The molecule has 0 atom stereocenters. The highest BCUT2D eigenvalue weighted by Gasteiger charge is 2.30. The molecule has 1 saturated heterocycles. The number of alkyl halides is 1. The number of halogens is 1. The maximum atomic E-state index is 12.6. The van der Waals surface area contributed by atoms with Crippen molar-refractivity contribution in [2.75, 3.05) is 26.0 Å². The van der Waals surface area contributed by atoms with Crippen LogP contribution in [0.3, 0.4) is 0 Å². The number of piperidine rings is 1. The molecule has 1 fully saturated rings. The van der Waals surface area contributed by atoms with Crippen molar-refractivity contribution in [1.82, 2.24) is 8.61 Å². The van der Waals surface area contributed by atoms with Crippen LogP contribution in [0.25, 0.3) is 0 Å². The molecule has 4 nitrogen and oxygen atoms in total. The van der Waals surface area contributed by atoms with Crippen molar-refractivity contribution in [3.05, 3.63) is 35.4 Å². The second-order valence-corrected chi connectivity index (χ2v) is 8.09. The highest BCUT2D eigenvalue weighted by atomic mass is 35.5. The van der Waals surface area contributed by atoms with E-state index in [0.29, 0.717) is 31.4 Å². The first kappa shape index (κ1) is 16.7. The average Bonchev–Trinajstić information content (AvgIpc) is 2.49. The van der Waals surface area contributed by atoms with Gasteiger partial charge in [0.1, 0.15) is 0 Å². The minimum absolute atomic E-state index is 0.401. The first-order chi connectivity index (χ1) is 9.93. The molecule has 2 rings (SSSR count). The van der Waals surface area contributed by atoms with Crippen molar-refractivity contribution in [2.24, 2.45) is 5.92 Å². The van der Waals surface area contributed by atoms with Crippen LogP contribution < -0.4 is 0 Å². The number of nitrogens with zero attached hydrogens (tertiary/aromatic N) is 2. The van der Waals surface area contributed by atoms with Crippen LogP contribution in [0.2, 0.25) is 0 Å². The zero-order valence-electron chi connectivity index (χ0n) is 12.6. The third-order valence-corrected chi connectivity index (χ3v) is 6.41. The number of hydrogen-bond donors (Lipinski definition) is 0. The molecule has 0 spiro atoms. The minimum Gasteiger partial charge on any atom is -0.195 e. The van der Waals surface area contributed by atoms with E-state index < -0.39 is 10.2 Å². The standard InChI is InChI=1S/C15H23ClN2O2S/c1-13-3-5-15(6-4-13)12-17(2)21(19,20)18-9-7-14(11-16)8-10-18/h3-6,14H,7-12H2,1-2H3. The predicted octanol–water partition coefficient (Wildman–Crippen LogP) is 2.62. The van der Waals surface area contributed by atoms with E-state index in [1.807, 2.05) is 31.2 Å². The van der Waals surface area contributed by atoms with Crippen LogP contribution >= 0.6 is 11.6 Å². The molecular weight excluding hydrogens is 308 g/mol. The summed E-state index contributed by atoms with van der Waals surface area (Å²) in [4.78, 5) is 0. The van der Waals surface area contributed by atoms with Crippen LogP contribution in [0.4, 0.5) is 0 Å². The van der Waals surface area contributed by atoms with Gasteiger partial charge in [0, 0.05) is 32.6 Å². The van der Waals surface area contributed by atoms with E-state index in [0.717, 1.165) is 18.4 Å². The monoisotopic (exact) mass is 330 g/mol. The second-order valence-electron chi connectivity index (χ2n) is 5.75. The SMILES string of the molecule is Cc1ccc(CN(C)S(=O)(=O)N2CCC(CCl)CC2)cc1. The maximum Gasteiger partial charge on any atom is 0.282 e. The van der Waals surface area contributed by atoms with Gasteiger partial charge in [0.15, 0.2) is 0 Å². The van der Waals surface area contributed by atoms with Crippen molar-refractivity contribution in [1.29, 1.82) is 0 Å². The number of aryl methyl sites for hydroxylation is 1. The largest absolute Gasteiger partial charge is 0.282 e. The minimum atomic E-state index is -3.38. The van der Waals surface area contributed by atoms with Gasteiger partial charge in [0.25, 0.3) is 10.2 Å². The summed E-state index contributed by atoms with van der Waals surface area (Å²) in [6.45, 7) is 3.55. The summed E-state index contributed by atoms with van der Waals surface area (Å²) in [6.07, 6.45) is 1.70. The fourth-order valence-corrected chi connectivity index (χ4v) is 4.21. The van der Waals surface area contributed by atoms with E-state index in [2.05, 4.69) is 0 Å². The fraction of sp³-hybridized carbons (Fsp3) is 0.600. The van der Waals surface area contributed by atoms with E-state index in [9.17, 15) is 8.42 Å². The summed E-state index contributed by atoms with van der Waals surface area (Å²) in [5.41, 5.74) is 2.18. The molecule has 0 amide bonds. The zero-order valence-corrected chi connectivity index (χ0v) is 14.2. The first-order valence-corrected chi connectivity index (χ1v) is 9.19. The van der Waals surface area contributed by atoms with Crippen molar-refractivity contribution >= 4 is 21.8 Å². The highest BCUT2D eigenvalue weighted by Crippen LogP contribution is 2.22. The van der Waals surface area contributed by atoms with Crippen molar-refractivity contribution in [2.45, 2.75) is 26.3 Å². The Hall–Kier alpha value is -0.620. The van der Waals surface area contributed by atoms with Crippen molar-refractivity contribution in [3.8, 4) is 0 Å². The Morgan fingerprint density at radius 3 is 2.33 bits per heavy atom. The van der Waals surface area contributed by atoms with Gasteiger partial charge >= 0.3 is 0 Å². The molecule has 1 heterocycles. The Bertz CT molecular complexity index is 552. The molecule has 21 heavy (non-hydrogen) atoms. The Morgan fingerprint density at radius 2 is 1.81 bits per heavy atom. The van der Waals surface area contributed by atoms with Crippen molar-refractivity contribution < 1.29 is 8.42 Å². The number of rotatable bonds is 5. The summed E-state index contributed by atoms with van der Waals surface area (Å²) in [5.74, 6) is 1.06. The zero-order chi connectivity index (χ0) is 15.5. The topological polar surface area (TPSA) is 40.6 Å². The average molecular weight is 331 g/mol. The van der Waals surface area contributed by atoms with Gasteiger partial charge in [-0.2, -0.15) is 17.0 Å². The summed E-state index contributed by atoms with van der Waals surface area (Å²) in [6, 6.07) is 7.95. The summed E-state index contributed by atoms with van der Waals surface area (Å²) < 4.78 is 28.1. The van der Waals surface area contributed by atoms with Crippen molar-refractivity contribution in [3.63, 3.8) is 0 Å². The lowest BCUT2D eigenvalue weighted by molar-refractivity contribution is 0.271. The molecule has 0 saturated carbocycles. The summed E-state index contributed by atoms with van der Waals surface area (Å²) in [7, 11) is -1.74. The number of hydrogen-bond acceptors (Lipinski definition) is 2. The molecule has 0 N–H and O–H groups in total. The molecule has 0 aromatic heterocycles. The molecule has 0 unspecified atom stereocenters. The fourth-order valence-electron chi connectivity index (χ4n) is 2.52. The van der Waals surface area contributed by atoms with E-state index in [1.54, 1.807) is 11.4 Å². The van der Waals surface area contributed by atoms with Gasteiger partial charge in [-0.05, 0) is 31.2 Å². The molecule has 1 aromatic rings. The maximum absolute atomic E-state index is 12.6. The van der Waals surface area contributed by atoms with Crippen LogP contribution in [0.5, 0.6) is 0 Å². The summed E-state index contributed by atoms with van der Waals surface area (Å²) >= 11 is 5.85. The van der Waals surface area contributed by atoms with Crippen LogP contribution in [-0.4, -0.2) is 43.0 Å². The normalized spacial score (nSPS) is 18.3. The molecular formula is C15H23ClN2O2S. The van der Waals surface area contributed by atoms with Crippen LogP contribution in [-0.2, 0) is 16.8 Å². The molecule has 6 heteroatoms. The van der Waals surface area contributed by atoms with Crippen LogP contribution in [0.15, 0.2) is 24.3 Å². The molecule has 118 valence electrons. The van der Waals surface area contributed by atoms with Gasteiger partial charge in [-0.15, -0.1) is 11.6 Å². The lowest BCUT2D eigenvalue weighted by atomic mass is 10.0. The third kappa shape index (κ3) is 4.19. The molecule has 0 aliphatic carbocycles. The van der Waals surface area contributed by atoms with Gasteiger partial charge in [0.05, 0.1) is 0 Å². The Kier molecular flexibility index (Phi) is 5.66. The smallest absolute Gasteiger partial charge is 0.195 e. The Balaban J connectivity index is 2.00. The van der Waals surface area contributed by atoms with E-state index in [4.69, 9.17) is 11.6 Å². The quantitative estimate of drug-likeness (QED) is 0.779. The molecule has 1 aliphatic rings. The Morgan fingerprint density at radius 1 is 1.24 bits per heavy atom. The highest BCUT2D eigenvalue weighted by molar-refractivity contribution is 7.86. The van der Waals surface area contributed by atoms with Gasteiger partial charge in [0.2, 0.25) is 0 Å². The second kappa shape index (κ2) is 7.09. The van der Waals surface area contributed by atoms with Crippen LogP contribution in [0.1, 0.15) is 24.0 Å². The lowest BCUT2D eigenvalue weighted by Crippen LogP contribution is -2.45. The first-order valence-electron chi connectivity index (χ1n) is 7.26. The van der Waals surface area contributed by atoms with Crippen LogP contribution in [0, 0.1) is 12.8 Å². The summed E-state index contributed by atoms with van der Waals surface area (Å²) in [5, 5.41) is 0. The molecule has 1 aromatic carbocycles. The van der Waals surface area contributed by atoms with E-state index >= 15 is 0 Å². The van der Waals surface area contributed by atoms with Gasteiger partial charge in [-0.3, -0.25) is 0 Å². The molecule has 0 radical (unpaired) electrons. The molecule has 1 aliphatic heterocycles. The van der Waals surface area contributed by atoms with E-state index in [1.165, 1.54) is 9.87 Å². The molecule has 0 bridgehead atoms. The predicted molar refractivity (Wildman–Crippen MR) is 86.6 cm³/mol. The number of benzene rings is 1. The van der Waals surface area contributed by atoms with Gasteiger partial charge in [-0.1, -0.05) is 29.8 Å². The van der Waals surface area contributed by atoms with E-state index in [-0.39, 0.29) is 0 Å².